The van der Waals surface area contributed by atoms with Crippen LogP contribution in [0.3, 0.4) is 0 Å². The predicted octanol–water partition coefficient (Wildman–Crippen LogP) is 4.29. The maximum Gasteiger partial charge on any atom is 0.264 e. The first-order valence-corrected chi connectivity index (χ1v) is 12.7. The lowest BCUT2D eigenvalue weighted by atomic mass is 10.0. The van der Waals surface area contributed by atoms with E-state index in [0.29, 0.717) is 53.0 Å². The van der Waals surface area contributed by atoms with Gasteiger partial charge in [-0.25, -0.2) is 14.6 Å². The summed E-state index contributed by atoms with van der Waals surface area (Å²) in [6, 6.07) is 15.1. The summed E-state index contributed by atoms with van der Waals surface area (Å²) in [6.07, 6.45) is 8.56. The number of pyridine rings is 1. The Morgan fingerprint density at radius 2 is 1.92 bits per heavy atom. The molecule has 1 aliphatic carbocycles. The fourth-order valence-corrected chi connectivity index (χ4v) is 4.80. The number of rotatable bonds is 6. The standard InChI is InChI=1S/C28H26N8O2/c29-14-19(13-18-8-9-18)28(37)35-12-4-5-20(16-35)36-27-24(26(30)32-17-33-27)25(34-36)23-11-10-22(15-31-23)38-21-6-2-1-3-7-21/h1-3,6-7,10-11,13,15,17-18,20H,4-5,8-9,12,16H2,(H2,30,32,33)/t20-/m1/s1. The van der Waals surface area contributed by atoms with Crippen LogP contribution < -0.4 is 10.5 Å². The van der Waals surface area contributed by atoms with Crippen LogP contribution in [0.5, 0.6) is 11.5 Å². The molecular weight excluding hydrogens is 480 g/mol. The third kappa shape index (κ3) is 4.66. The second-order valence-corrected chi connectivity index (χ2v) is 9.62. The molecule has 4 aromatic rings. The molecule has 0 unspecified atom stereocenters. The highest BCUT2D eigenvalue weighted by Gasteiger charge is 2.31. The average molecular weight is 507 g/mol. The molecule has 4 heterocycles. The Morgan fingerprint density at radius 1 is 1.08 bits per heavy atom. The van der Waals surface area contributed by atoms with Crippen molar-refractivity contribution in [1.29, 1.82) is 5.26 Å². The molecule has 0 radical (unpaired) electrons. The smallest absolute Gasteiger partial charge is 0.264 e. The fraction of sp³-hybridized carbons (Fsp3) is 0.286. The molecule has 1 amide bonds. The number of aromatic nitrogens is 5. The van der Waals surface area contributed by atoms with Crippen molar-refractivity contribution < 1.29 is 9.53 Å². The van der Waals surface area contributed by atoms with E-state index >= 15 is 0 Å². The SMILES string of the molecule is N#CC(=CC1CC1)C(=O)N1CCC[C@@H](n2nc(-c3ccc(Oc4ccccc4)cn3)c3c(N)ncnc32)C1. The van der Waals surface area contributed by atoms with E-state index in [2.05, 4.69) is 21.0 Å². The molecule has 1 saturated heterocycles. The normalized spacial score (nSPS) is 17.8. The summed E-state index contributed by atoms with van der Waals surface area (Å²) in [6.45, 7) is 1.03. The van der Waals surface area contributed by atoms with Crippen molar-refractivity contribution in [2.45, 2.75) is 31.7 Å². The molecule has 10 heteroatoms. The van der Waals surface area contributed by atoms with Gasteiger partial charge in [0.1, 0.15) is 41.0 Å². The third-order valence-corrected chi connectivity index (χ3v) is 6.88. The van der Waals surface area contributed by atoms with Gasteiger partial charge in [0.05, 0.1) is 23.3 Å². The van der Waals surface area contributed by atoms with Gasteiger partial charge in [0, 0.05) is 13.1 Å². The molecule has 10 nitrogen and oxygen atoms in total. The van der Waals surface area contributed by atoms with Gasteiger partial charge in [-0.15, -0.1) is 0 Å². The first-order valence-electron chi connectivity index (χ1n) is 12.7. The second-order valence-electron chi connectivity index (χ2n) is 9.62. The highest BCUT2D eigenvalue weighted by Crippen LogP contribution is 2.35. The molecule has 1 aromatic carbocycles. The van der Waals surface area contributed by atoms with Gasteiger partial charge in [-0.2, -0.15) is 10.4 Å². The van der Waals surface area contributed by atoms with Crippen molar-refractivity contribution in [1.82, 2.24) is 29.6 Å². The van der Waals surface area contributed by atoms with Crippen molar-refractivity contribution in [3.8, 4) is 29.0 Å². The molecule has 1 atom stereocenters. The number of allylic oxidation sites excluding steroid dienone is 1. The van der Waals surface area contributed by atoms with Gasteiger partial charge in [-0.05, 0) is 55.9 Å². The topological polar surface area (TPSA) is 136 Å². The van der Waals surface area contributed by atoms with Gasteiger partial charge in [0.2, 0.25) is 0 Å². The Morgan fingerprint density at radius 3 is 2.66 bits per heavy atom. The van der Waals surface area contributed by atoms with E-state index in [0.717, 1.165) is 31.4 Å². The van der Waals surface area contributed by atoms with E-state index in [9.17, 15) is 10.1 Å². The van der Waals surface area contributed by atoms with E-state index in [1.54, 1.807) is 11.1 Å². The van der Waals surface area contributed by atoms with E-state index in [1.807, 2.05) is 53.2 Å². The maximum absolute atomic E-state index is 13.1. The molecule has 0 bridgehead atoms. The molecule has 6 rings (SSSR count). The number of para-hydroxylation sites is 1. The van der Waals surface area contributed by atoms with Gasteiger partial charge in [-0.3, -0.25) is 9.78 Å². The van der Waals surface area contributed by atoms with Crippen LogP contribution in [0.25, 0.3) is 22.4 Å². The quantitative estimate of drug-likeness (QED) is 0.302. The zero-order valence-corrected chi connectivity index (χ0v) is 20.7. The van der Waals surface area contributed by atoms with Gasteiger partial charge < -0.3 is 15.4 Å². The number of benzene rings is 1. The second kappa shape index (κ2) is 9.94. The van der Waals surface area contributed by atoms with E-state index in [-0.39, 0.29) is 17.5 Å². The van der Waals surface area contributed by atoms with Crippen LogP contribution in [-0.4, -0.2) is 48.6 Å². The van der Waals surface area contributed by atoms with E-state index in [4.69, 9.17) is 15.6 Å². The van der Waals surface area contributed by atoms with Crippen LogP contribution in [0.4, 0.5) is 5.82 Å². The van der Waals surface area contributed by atoms with Crippen LogP contribution in [0.15, 0.2) is 66.6 Å². The highest BCUT2D eigenvalue weighted by atomic mass is 16.5. The Bertz CT molecular complexity index is 1550. The van der Waals surface area contributed by atoms with Gasteiger partial charge in [-0.1, -0.05) is 24.3 Å². The zero-order valence-electron chi connectivity index (χ0n) is 20.7. The lowest BCUT2D eigenvalue weighted by Gasteiger charge is -2.32. The van der Waals surface area contributed by atoms with Gasteiger partial charge in [0.25, 0.3) is 5.91 Å². The lowest BCUT2D eigenvalue weighted by Crippen LogP contribution is -2.41. The van der Waals surface area contributed by atoms with Crippen LogP contribution in [0.2, 0.25) is 0 Å². The minimum atomic E-state index is -0.217. The number of piperidine rings is 1. The number of hydrogen-bond donors (Lipinski definition) is 1. The molecule has 2 fully saturated rings. The number of carbonyl (C=O) groups excluding carboxylic acids is 1. The van der Waals surface area contributed by atoms with Crippen molar-refractivity contribution in [2.24, 2.45) is 5.92 Å². The monoisotopic (exact) mass is 506 g/mol. The molecule has 3 aromatic heterocycles. The summed E-state index contributed by atoms with van der Waals surface area (Å²) in [5.41, 5.74) is 8.29. The Kier molecular flexibility index (Phi) is 6.17. The number of nitrogens with zero attached hydrogens (tertiary/aromatic N) is 7. The highest BCUT2D eigenvalue weighted by molar-refractivity contribution is 5.98. The average Bonchev–Trinajstić information content (AvgIpc) is 3.69. The number of nitrogens with two attached hydrogens (primary N) is 1. The number of carbonyl (C=O) groups is 1. The Labute approximate surface area is 219 Å². The molecule has 2 N–H and O–H groups in total. The number of likely N-dealkylation sites (tertiary alicyclic amines) is 1. The van der Waals surface area contributed by atoms with Crippen LogP contribution in [0.1, 0.15) is 31.7 Å². The maximum atomic E-state index is 13.1. The zero-order chi connectivity index (χ0) is 26.1. The molecule has 38 heavy (non-hydrogen) atoms. The molecular formula is C28H26N8O2. The van der Waals surface area contributed by atoms with Crippen LogP contribution in [0, 0.1) is 17.2 Å². The van der Waals surface area contributed by atoms with E-state index in [1.165, 1.54) is 6.33 Å². The molecule has 190 valence electrons. The summed E-state index contributed by atoms with van der Waals surface area (Å²) >= 11 is 0. The van der Waals surface area contributed by atoms with Gasteiger partial charge >= 0.3 is 0 Å². The predicted molar refractivity (Wildman–Crippen MR) is 141 cm³/mol. The number of hydrogen-bond acceptors (Lipinski definition) is 8. The lowest BCUT2D eigenvalue weighted by molar-refractivity contribution is -0.128. The molecule has 2 aliphatic rings. The van der Waals surface area contributed by atoms with Crippen molar-refractivity contribution in [3.63, 3.8) is 0 Å². The summed E-state index contributed by atoms with van der Waals surface area (Å²) in [5, 5.41) is 15.1. The molecule has 0 spiro atoms. The van der Waals surface area contributed by atoms with E-state index < -0.39 is 0 Å². The number of fused-ring (bicyclic) bond motifs is 1. The van der Waals surface area contributed by atoms with Crippen molar-refractivity contribution in [3.05, 3.63) is 66.6 Å². The summed E-state index contributed by atoms with van der Waals surface area (Å²) < 4.78 is 7.70. The van der Waals surface area contributed by atoms with Gasteiger partial charge in [0.15, 0.2) is 5.65 Å². The largest absolute Gasteiger partial charge is 0.456 e. The molecule has 1 saturated carbocycles. The first kappa shape index (κ1) is 23.6. The summed E-state index contributed by atoms with van der Waals surface area (Å²) in [7, 11) is 0. The van der Waals surface area contributed by atoms with Crippen LogP contribution in [-0.2, 0) is 4.79 Å². The van der Waals surface area contributed by atoms with Crippen LogP contribution >= 0.6 is 0 Å². The number of nitriles is 1. The number of anilines is 1. The first-order chi connectivity index (χ1) is 18.6. The summed E-state index contributed by atoms with van der Waals surface area (Å²) in [5.74, 6) is 1.76. The Balaban J connectivity index is 1.30. The third-order valence-electron chi connectivity index (χ3n) is 6.88. The number of ether oxygens (including phenoxy) is 1. The number of amides is 1. The van der Waals surface area contributed by atoms with Crippen molar-refractivity contribution >= 4 is 22.8 Å². The number of nitrogen functional groups attached to an aromatic ring is 1. The minimum absolute atomic E-state index is 0.125. The van der Waals surface area contributed by atoms with Crippen molar-refractivity contribution in [2.75, 3.05) is 18.8 Å². The Hall–Kier alpha value is -4.78. The summed E-state index contributed by atoms with van der Waals surface area (Å²) in [4.78, 5) is 28.1. The fourth-order valence-electron chi connectivity index (χ4n) is 4.80. The molecule has 1 aliphatic heterocycles. The minimum Gasteiger partial charge on any atom is -0.456 e.